The first-order valence-electron chi connectivity index (χ1n) is 11.1. The van der Waals surface area contributed by atoms with Gasteiger partial charge >= 0.3 is 5.97 Å². The van der Waals surface area contributed by atoms with Gasteiger partial charge in [0, 0.05) is 25.2 Å². The Balaban J connectivity index is 1.41. The maximum Gasteiger partial charge on any atom is 0.302 e. The van der Waals surface area contributed by atoms with Gasteiger partial charge in [0.2, 0.25) is 0 Å². The molecule has 0 unspecified atom stereocenters. The molecule has 1 aliphatic heterocycles. The third kappa shape index (κ3) is 2.63. The van der Waals surface area contributed by atoms with Crippen molar-refractivity contribution in [2.45, 2.75) is 93.5 Å². The normalized spacial score (nSPS) is 52.0. The number of carbonyl (C=O) groups excluding carboxylic acids is 1. The lowest BCUT2D eigenvalue weighted by atomic mass is 9.48. The van der Waals surface area contributed by atoms with E-state index >= 15 is 0 Å². The van der Waals surface area contributed by atoms with Crippen molar-refractivity contribution in [3.05, 3.63) is 0 Å². The lowest BCUT2D eigenvalue weighted by Gasteiger charge is -2.63. The molecule has 1 heterocycles. The highest BCUT2D eigenvalue weighted by molar-refractivity contribution is 9.10. The van der Waals surface area contributed by atoms with Gasteiger partial charge in [-0.15, -0.1) is 0 Å². The first-order valence-corrected chi connectivity index (χ1v) is 11.9. The molecule has 0 radical (unpaired) electrons. The number of hydrogen-bond acceptors (Lipinski definition) is 5. The summed E-state index contributed by atoms with van der Waals surface area (Å²) in [5.74, 6) is 0.885. The topological polar surface area (TPSA) is 65.0 Å². The number of halogens is 1. The van der Waals surface area contributed by atoms with Crippen molar-refractivity contribution >= 4 is 21.9 Å². The smallest absolute Gasteiger partial charge is 0.302 e. The largest absolute Gasteiger partial charge is 0.462 e. The summed E-state index contributed by atoms with van der Waals surface area (Å²) in [5, 5.41) is 11.8. The summed E-state index contributed by atoms with van der Waals surface area (Å²) in [6, 6.07) is 0. The predicted octanol–water partition coefficient (Wildman–Crippen LogP) is 3.95. The zero-order valence-corrected chi connectivity index (χ0v) is 18.6. The lowest BCUT2D eigenvalue weighted by molar-refractivity contribution is -0.246. The van der Waals surface area contributed by atoms with Gasteiger partial charge in [-0.1, -0.05) is 22.9 Å². The zero-order valence-electron chi connectivity index (χ0n) is 17.0. The minimum absolute atomic E-state index is 0.0537. The second kappa shape index (κ2) is 6.41. The van der Waals surface area contributed by atoms with E-state index in [4.69, 9.17) is 14.2 Å². The minimum Gasteiger partial charge on any atom is -0.462 e. The number of alkyl halides is 1. The molecule has 1 N–H and O–H groups in total. The second-order valence-corrected chi connectivity index (χ2v) is 11.7. The molecule has 28 heavy (non-hydrogen) atoms. The molecule has 158 valence electrons. The summed E-state index contributed by atoms with van der Waals surface area (Å²) in [5.41, 5.74) is -0.697. The summed E-state index contributed by atoms with van der Waals surface area (Å²) < 4.78 is 17.4. The van der Waals surface area contributed by atoms with E-state index in [1.54, 1.807) is 0 Å². The molecule has 5 rings (SSSR count). The molecule has 5 aliphatic rings. The summed E-state index contributed by atoms with van der Waals surface area (Å²) >= 11 is 4.12. The molecule has 6 heteroatoms. The van der Waals surface area contributed by atoms with Crippen LogP contribution in [0.15, 0.2) is 0 Å². The molecule has 0 aromatic rings. The summed E-state index contributed by atoms with van der Waals surface area (Å²) in [7, 11) is 0. The van der Waals surface area contributed by atoms with Crippen LogP contribution in [0.3, 0.4) is 0 Å². The molecule has 1 spiro atoms. The number of aliphatic hydroxyl groups is 1. The van der Waals surface area contributed by atoms with Crippen LogP contribution >= 0.6 is 15.9 Å². The zero-order chi connectivity index (χ0) is 19.8. The van der Waals surface area contributed by atoms with Gasteiger partial charge < -0.3 is 19.3 Å². The van der Waals surface area contributed by atoms with Crippen molar-refractivity contribution in [1.29, 1.82) is 0 Å². The van der Waals surface area contributed by atoms with E-state index < -0.39 is 11.4 Å². The Bertz CT molecular complexity index is 663. The van der Waals surface area contributed by atoms with Crippen LogP contribution in [0.4, 0.5) is 0 Å². The van der Waals surface area contributed by atoms with E-state index in [1.807, 2.05) is 0 Å². The number of carbonyl (C=O) groups is 1. The van der Waals surface area contributed by atoms with E-state index in [1.165, 1.54) is 6.92 Å². The number of ether oxygens (including phenoxy) is 3. The first-order chi connectivity index (χ1) is 13.2. The Morgan fingerprint density at radius 2 is 1.79 bits per heavy atom. The Labute approximate surface area is 176 Å². The Kier molecular flexibility index (Phi) is 4.53. The molecule has 0 aromatic carbocycles. The van der Waals surface area contributed by atoms with Gasteiger partial charge in [-0.05, 0) is 62.7 Å². The average Bonchev–Trinajstić information content (AvgIpc) is 3.21. The highest BCUT2D eigenvalue weighted by atomic mass is 79.9. The van der Waals surface area contributed by atoms with Crippen LogP contribution in [-0.4, -0.2) is 46.1 Å². The number of esters is 1. The van der Waals surface area contributed by atoms with E-state index in [0.29, 0.717) is 37.4 Å². The Hall–Kier alpha value is -0.170. The van der Waals surface area contributed by atoms with E-state index in [2.05, 4.69) is 22.9 Å². The van der Waals surface area contributed by atoms with Gasteiger partial charge in [0.1, 0.15) is 6.10 Å². The van der Waals surface area contributed by atoms with Crippen LogP contribution in [0.2, 0.25) is 0 Å². The average molecular weight is 457 g/mol. The SMILES string of the molecule is CC(=O)O[C@H]1CC[C@H]2[C@@H]3CC[C@@]4(O)CC5(CC[C@]4(Br)[C@H]3CC[C@]12C)OCCO5. The summed E-state index contributed by atoms with van der Waals surface area (Å²) in [6.07, 6.45) is 8.46. The third-order valence-corrected chi connectivity index (χ3v) is 10.9. The second-order valence-electron chi connectivity index (χ2n) is 10.3. The summed E-state index contributed by atoms with van der Waals surface area (Å²) in [4.78, 5) is 11.6. The van der Waals surface area contributed by atoms with Crippen molar-refractivity contribution < 1.29 is 24.1 Å². The maximum absolute atomic E-state index is 11.8. The molecular formula is C22H33BrO5. The molecule has 0 bridgehead atoms. The molecule has 4 aliphatic carbocycles. The van der Waals surface area contributed by atoms with Gasteiger partial charge in [0.15, 0.2) is 5.79 Å². The van der Waals surface area contributed by atoms with Gasteiger partial charge in [0.25, 0.3) is 0 Å². The van der Waals surface area contributed by atoms with Crippen molar-refractivity contribution in [3.8, 4) is 0 Å². The van der Waals surface area contributed by atoms with Crippen molar-refractivity contribution in [3.63, 3.8) is 0 Å². The molecule has 5 nitrogen and oxygen atoms in total. The highest BCUT2D eigenvalue weighted by Gasteiger charge is 2.68. The van der Waals surface area contributed by atoms with Gasteiger partial charge in [-0.2, -0.15) is 0 Å². The number of hydrogen-bond donors (Lipinski definition) is 1. The molecule has 0 aromatic heterocycles. The fourth-order valence-corrected chi connectivity index (χ4v) is 8.97. The van der Waals surface area contributed by atoms with E-state index in [0.717, 1.165) is 51.4 Å². The van der Waals surface area contributed by atoms with Crippen molar-refractivity contribution in [1.82, 2.24) is 0 Å². The van der Waals surface area contributed by atoms with Crippen LogP contribution in [0.5, 0.6) is 0 Å². The number of rotatable bonds is 1. The monoisotopic (exact) mass is 456 g/mol. The van der Waals surface area contributed by atoms with Gasteiger partial charge in [-0.25, -0.2) is 0 Å². The molecular weight excluding hydrogens is 424 g/mol. The quantitative estimate of drug-likeness (QED) is 0.477. The molecule has 7 atom stereocenters. The minimum atomic E-state index is -0.779. The van der Waals surface area contributed by atoms with Crippen LogP contribution < -0.4 is 0 Å². The maximum atomic E-state index is 11.8. The van der Waals surface area contributed by atoms with Crippen molar-refractivity contribution in [2.75, 3.05) is 13.2 Å². The van der Waals surface area contributed by atoms with E-state index in [9.17, 15) is 9.90 Å². The predicted molar refractivity (Wildman–Crippen MR) is 107 cm³/mol. The van der Waals surface area contributed by atoms with Crippen LogP contribution in [0.25, 0.3) is 0 Å². The first kappa shape index (κ1) is 19.8. The van der Waals surface area contributed by atoms with Crippen LogP contribution in [0.1, 0.15) is 71.6 Å². The standard InChI is InChI=1S/C22H33BrO5/c1-14(24)28-18-4-3-16-15-5-8-20(25)13-21(26-11-12-27-21)9-10-22(20,23)17(15)6-7-19(16,18)2/h15-18,25H,3-13H2,1-2H3/t15-,16-,17-,18-,19-,20+,22-/m0/s1. The third-order valence-electron chi connectivity index (χ3n) is 9.16. The Morgan fingerprint density at radius 1 is 1.04 bits per heavy atom. The fraction of sp³-hybridized carbons (Fsp3) is 0.955. The molecule has 0 amide bonds. The Morgan fingerprint density at radius 3 is 2.50 bits per heavy atom. The van der Waals surface area contributed by atoms with Crippen molar-refractivity contribution in [2.24, 2.45) is 23.2 Å². The molecule has 4 saturated carbocycles. The van der Waals surface area contributed by atoms with Gasteiger partial charge in [-0.3, -0.25) is 4.79 Å². The lowest BCUT2D eigenvalue weighted by Crippen LogP contribution is -2.67. The van der Waals surface area contributed by atoms with Crippen LogP contribution in [-0.2, 0) is 19.0 Å². The highest BCUT2D eigenvalue weighted by Crippen LogP contribution is 2.68. The van der Waals surface area contributed by atoms with Gasteiger partial charge in [0.05, 0.1) is 23.1 Å². The van der Waals surface area contributed by atoms with Crippen LogP contribution in [0, 0.1) is 23.2 Å². The molecule has 1 saturated heterocycles. The number of fused-ring (bicyclic) bond motifs is 5. The fourth-order valence-electron chi connectivity index (χ4n) is 7.87. The van der Waals surface area contributed by atoms with E-state index in [-0.39, 0.29) is 21.8 Å². The summed E-state index contributed by atoms with van der Waals surface area (Å²) in [6.45, 7) is 5.14. The molecule has 5 fully saturated rings.